The van der Waals surface area contributed by atoms with Crippen LogP contribution in [0.15, 0.2) is 30.3 Å². The minimum absolute atomic E-state index is 0.166. The first kappa shape index (κ1) is 12.7. The molecule has 1 N–H and O–H groups in total. The van der Waals surface area contributed by atoms with Gasteiger partial charge in [-0.05, 0) is 18.9 Å². The number of nitrogens with one attached hydrogen (secondary N) is 1. The van der Waals surface area contributed by atoms with E-state index in [0.29, 0.717) is 13.2 Å². The van der Waals surface area contributed by atoms with E-state index in [1.165, 1.54) is 5.56 Å². The van der Waals surface area contributed by atoms with E-state index in [0.717, 1.165) is 6.42 Å². The molecule has 0 amide bonds. The summed E-state index contributed by atoms with van der Waals surface area (Å²) in [7, 11) is 0. The second-order valence-corrected chi connectivity index (χ2v) is 3.58. The molecule has 1 aromatic carbocycles. The van der Waals surface area contributed by atoms with Crippen molar-refractivity contribution in [2.24, 2.45) is 0 Å². The fourth-order valence-electron chi connectivity index (χ4n) is 1.47. The average Bonchev–Trinajstić information content (AvgIpc) is 2.31. The lowest BCUT2D eigenvalue weighted by Gasteiger charge is -2.15. The molecule has 0 aliphatic rings. The lowest BCUT2D eigenvalue weighted by molar-refractivity contribution is -0.145. The smallest absolute Gasteiger partial charge is 0.323 e. The second kappa shape index (κ2) is 7.01. The van der Waals surface area contributed by atoms with Gasteiger partial charge in [-0.1, -0.05) is 37.3 Å². The van der Waals surface area contributed by atoms with Crippen LogP contribution >= 0.6 is 0 Å². The number of benzene rings is 1. The largest absolute Gasteiger partial charge is 0.465 e. The molecule has 0 saturated heterocycles. The minimum Gasteiger partial charge on any atom is -0.465 e. The Hall–Kier alpha value is -1.35. The van der Waals surface area contributed by atoms with Crippen LogP contribution in [0.2, 0.25) is 0 Å². The molecule has 3 heteroatoms. The number of hydrogen-bond donors (Lipinski definition) is 1. The molecule has 16 heavy (non-hydrogen) atoms. The minimum atomic E-state index is -0.208. The molecule has 0 aliphatic heterocycles. The third-order valence-corrected chi connectivity index (χ3v) is 2.37. The van der Waals surface area contributed by atoms with Crippen LogP contribution in [-0.4, -0.2) is 18.6 Å². The number of esters is 1. The van der Waals surface area contributed by atoms with Crippen molar-refractivity contribution in [2.45, 2.75) is 32.9 Å². The van der Waals surface area contributed by atoms with Crippen molar-refractivity contribution < 1.29 is 9.53 Å². The van der Waals surface area contributed by atoms with E-state index in [-0.39, 0.29) is 12.0 Å². The van der Waals surface area contributed by atoms with Gasteiger partial charge in [-0.2, -0.15) is 0 Å². The zero-order chi connectivity index (χ0) is 11.8. The fourth-order valence-corrected chi connectivity index (χ4v) is 1.47. The Balaban J connectivity index is 2.43. The topological polar surface area (TPSA) is 38.3 Å². The van der Waals surface area contributed by atoms with Crippen molar-refractivity contribution >= 4 is 5.97 Å². The highest BCUT2D eigenvalue weighted by atomic mass is 16.5. The van der Waals surface area contributed by atoms with Gasteiger partial charge in [0.2, 0.25) is 0 Å². The van der Waals surface area contributed by atoms with E-state index in [1.54, 1.807) is 0 Å². The van der Waals surface area contributed by atoms with Gasteiger partial charge in [0.05, 0.1) is 6.61 Å². The monoisotopic (exact) mass is 221 g/mol. The molecule has 0 saturated carbocycles. The number of carbonyl (C=O) groups is 1. The first-order valence-electron chi connectivity index (χ1n) is 5.71. The van der Waals surface area contributed by atoms with Crippen molar-refractivity contribution in [3.05, 3.63) is 35.9 Å². The van der Waals surface area contributed by atoms with E-state index >= 15 is 0 Å². The quantitative estimate of drug-likeness (QED) is 0.748. The molecule has 0 radical (unpaired) electrons. The molecule has 0 fully saturated rings. The molecule has 1 rings (SSSR count). The Labute approximate surface area is 96.8 Å². The van der Waals surface area contributed by atoms with Crippen molar-refractivity contribution in [2.75, 3.05) is 6.61 Å². The number of ether oxygens (including phenoxy) is 1. The SMILES string of the molecule is CCOC(=O)[C@H](CC)NCc1ccccc1. The van der Waals surface area contributed by atoms with Crippen LogP contribution in [-0.2, 0) is 16.1 Å². The normalized spacial score (nSPS) is 12.1. The highest BCUT2D eigenvalue weighted by molar-refractivity contribution is 5.75. The zero-order valence-corrected chi connectivity index (χ0v) is 9.90. The maximum absolute atomic E-state index is 11.5. The molecular formula is C13H19NO2. The van der Waals surface area contributed by atoms with Gasteiger partial charge in [0.25, 0.3) is 0 Å². The van der Waals surface area contributed by atoms with Crippen LogP contribution < -0.4 is 5.32 Å². The first-order valence-corrected chi connectivity index (χ1v) is 5.71. The predicted octanol–water partition coefficient (Wildman–Crippen LogP) is 2.12. The summed E-state index contributed by atoms with van der Waals surface area (Å²) >= 11 is 0. The van der Waals surface area contributed by atoms with Gasteiger partial charge in [0.15, 0.2) is 0 Å². The molecule has 0 spiro atoms. The van der Waals surface area contributed by atoms with Crippen LogP contribution in [0.25, 0.3) is 0 Å². The summed E-state index contributed by atoms with van der Waals surface area (Å²) < 4.78 is 4.98. The third kappa shape index (κ3) is 4.03. The van der Waals surface area contributed by atoms with Crippen LogP contribution in [0.5, 0.6) is 0 Å². The fraction of sp³-hybridized carbons (Fsp3) is 0.462. The Morgan fingerprint density at radius 2 is 2.00 bits per heavy atom. The number of carbonyl (C=O) groups excluding carboxylic acids is 1. The van der Waals surface area contributed by atoms with Crippen molar-refractivity contribution in [3.63, 3.8) is 0 Å². The van der Waals surface area contributed by atoms with E-state index < -0.39 is 0 Å². The second-order valence-electron chi connectivity index (χ2n) is 3.58. The summed E-state index contributed by atoms with van der Waals surface area (Å²) in [6.07, 6.45) is 0.742. The number of rotatable bonds is 6. The Morgan fingerprint density at radius 3 is 2.56 bits per heavy atom. The van der Waals surface area contributed by atoms with Crippen LogP contribution in [0.1, 0.15) is 25.8 Å². The molecule has 0 aromatic heterocycles. The summed E-state index contributed by atoms with van der Waals surface area (Å²) in [5.41, 5.74) is 1.17. The standard InChI is InChI=1S/C13H19NO2/c1-3-12(13(15)16-4-2)14-10-11-8-6-5-7-9-11/h5-9,12,14H,3-4,10H2,1-2H3/t12-/m0/s1. The molecule has 1 aromatic rings. The number of hydrogen-bond acceptors (Lipinski definition) is 3. The van der Waals surface area contributed by atoms with Gasteiger partial charge in [-0.3, -0.25) is 4.79 Å². The molecule has 3 nitrogen and oxygen atoms in total. The molecule has 1 atom stereocenters. The Morgan fingerprint density at radius 1 is 1.31 bits per heavy atom. The lowest BCUT2D eigenvalue weighted by Crippen LogP contribution is -2.37. The maximum Gasteiger partial charge on any atom is 0.323 e. The van der Waals surface area contributed by atoms with E-state index in [1.807, 2.05) is 44.2 Å². The van der Waals surface area contributed by atoms with Gasteiger partial charge >= 0.3 is 5.97 Å². The van der Waals surface area contributed by atoms with Crippen LogP contribution in [0, 0.1) is 0 Å². The molecule has 0 unspecified atom stereocenters. The summed E-state index contributed by atoms with van der Waals surface area (Å²) in [5, 5.41) is 3.20. The maximum atomic E-state index is 11.5. The van der Waals surface area contributed by atoms with Crippen molar-refractivity contribution in [1.82, 2.24) is 5.32 Å². The van der Waals surface area contributed by atoms with Crippen molar-refractivity contribution in [1.29, 1.82) is 0 Å². The van der Waals surface area contributed by atoms with Gasteiger partial charge in [0.1, 0.15) is 6.04 Å². The predicted molar refractivity (Wildman–Crippen MR) is 64.0 cm³/mol. The van der Waals surface area contributed by atoms with Gasteiger partial charge < -0.3 is 10.1 Å². The lowest BCUT2D eigenvalue weighted by atomic mass is 10.2. The summed E-state index contributed by atoms with van der Waals surface area (Å²) in [6.45, 7) is 4.92. The highest BCUT2D eigenvalue weighted by Crippen LogP contribution is 2.01. The molecular weight excluding hydrogens is 202 g/mol. The average molecular weight is 221 g/mol. The summed E-state index contributed by atoms with van der Waals surface area (Å²) in [5.74, 6) is -0.166. The van der Waals surface area contributed by atoms with Crippen LogP contribution in [0.4, 0.5) is 0 Å². The molecule has 0 heterocycles. The Kier molecular flexibility index (Phi) is 5.57. The molecule has 0 aliphatic carbocycles. The van der Waals surface area contributed by atoms with E-state index in [4.69, 9.17) is 4.74 Å². The van der Waals surface area contributed by atoms with Gasteiger partial charge in [0, 0.05) is 6.54 Å². The first-order chi connectivity index (χ1) is 7.77. The van der Waals surface area contributed by atoms with Gasteiger partial charge in [-0.15, -0.1) is 0 Å². The van der Waals surface area contributed by atoms with E-state index in [9.17, 15) is 4.79 Å². The van der Waals surface area contributed by atoms with E-state index in [2.05, 4.69) is 5.32 Å². The molecule has 0 bridgehead atoms. The summed E-state index contributed by atoms with van der Waals surface area (Å²) in [4.78, 5) is 11.5. The van der Waals surface area contributed by atoms with Gasteiger partial charge in [-0.25, -0.2) is 0 Å². The third-order valence-electron chi connectivity index (χ3n) is 2.37. The highest BCUT2D eigenvalue weighted by Gasteiger charge is 2.16. The Bertz CT molecular complexity index is 311. The van der Waals surface area contributed by atoms with Crippen LogP contribution in [0.3, 0.4) is 0 Å². The van der Waals surface area contributed by atoms with Crippen molar-refractivity contribution in [3.8, 4) is 0 Å². The summed E-state index contributed by atoms with van der Waals surface area (Å²) in [6, 6.07) is 9.81. The zero-order valence-electron chi connectivity index (χ0n) is 9.90. The molecule has 88 valence electrons.